The van der Waals surface area contributed by atoms with E-state index in [0.29, 0.717) is 19.3 Å². The summed E-state index contributed by atoms with van der Waals surface area (Å²) in [5, 5.41) is 18.4. The Kier molecular flexibility index (Phi) is 35.0. The third-order valence-electron chi connectivity index (χ3n) is 8.85. The van der Waals surface area contributed by atoms with Gasteiger partial charge in [0.1, 0.15) is 12.7 Å². The molecule has 3 N–H and O–H groups in total. The lowest BCUT2D eigenvalue weighted by Gasteiger charge is -2.20. The summed E-state index contributed by atoms with van der Waals surface area (Å²) in [6, 6.07) is 0. The van der Waals surface area contributed by atoms with Crippen LogP contribution in [0.4, 0.5) is 0 Å². The number of ether oxygens (including phenoxy) is 3. The number of aliphatic hydroxyl groups is 2. The van der Waals surface area contributed by atoms with Crippen LogP contribution < -0.4 is 0 Å². The van der Waals surface area contributed by atoms with Crippen LogP contribution in [0.2, 0.25) is 0 Å². The van der Waals surface area contributed by atoms with E-state index in [-0.39, 0.29) is 25.0 Å². The highest BCUT2D eigenvalue weighted by Gasteiger charge is 2.37. The molecule has 0 spiro atoms. The Morgan fingerprint density at radius 1 is 0.617 bits per heavy atom. The summed E-state index contributed by atoms with van der Waals surface area (Å²) in [4.78, 5) is 35.1. The van der Waals surface area contributed by atoms with Gasteiger partial charge in [-0.2, -0.15) is 0 Å². The maximum atomic E-state index is 12.7. The lowest BCUT2D eigenvalue weighted by Crippen LogP contribution is -2.29. The van der Waals surface area contributed by atoms with Crippen molar-refractivity contribution in [3.8, 4) is 0 Å². The monoisotopic (exact) mass is 859 g/mol. The third kappa shape index (κ3) is 35.4. The minimum Gasteiger partial charge on any atom is -0.462 e. The van der Waals surface area contributed by atoms with Gasteiger partial charge in [-0.05, 0) is 89.9 Å². The zero-order chi connectivity index (χ0) is 43.8. The molecule has 338 valence electrons. The normalized spacial score (nSPS) is 18.2. The molecule has 5 atom stereocenters. The van der Waals surface area contributed by atoms with Crippen molar-refractivity contribution in [3.05, 3.63) is 109 Å². The number of phosphoric ester groups is 1. The van der Waals surface area contributed by atoms with E-state index < -0.39 is 58.4 Å². The smallest absolute Gasteiger partial charge is 0.462 e. The lowest BCUT2D eigenvalue weighted by atomic mass is 10.1. The average molecular weight is 859 g/mol. The van der Waals surface area contributed by atoms with E-state index in [1.165, 1.54) is 19.3 Å². The van der Waals surface area contributed by atoms with Crippen LogP contribution in [0.1, 0.15) is 129 Å². The van der Waals surface area contributed by atoms with Gasteiger partial charge in [-0.25, -0.2) is 4.57 Å². The molecule has 0 aromatic rings. The largest absolute Gasteiger partial charge is 0.472 e. The highest BCUT2D eigenvalue weighted by atomic mass is 31.2. The molecule has 0 amide bonds. The summed E-state index contributed by atoms with van der Waals surface area (Å²) in [6.07, 6.45) is 50.9. The van der Waals surface area contributed by atoms with Crippen molar-refractivity contribution in [3.63, 3.8) is 0 Å². The van der Waals surface area contributed by atoms with E-state index >= 15 is 0 Å². The number of aliphatic hydroxyl groups excluding tert-OH is 2. The molecule has 0 saturated carbocycles. The van der Waals surface area contributed by atoms with Gasteiger partial charge >= 0.3 is 19.8 Å². The maximum absolute atomic E-state index is 12.7. The van der Waals surface area contributed by atoms with E-state index in [1.807, 2.05) is 12.2 Å². The minimum atomic E-state index is -4.67. The quantitative estimate of drug-likeness (QED) is 0.0178. The first-order chi connectivity index (χ1) is 29.2. The molecule has 0 radical (unpaired) electrons. The number of hydrogen-bond donors (Lipinski definition) is 3. The van der Waals surface area contributed by atoms with Crippen molar-refractivity contribution in [1.82, 2.24) is 0 Å². The van der Waals surface area contributed by atoms with E-state index in [1.54, 1.807) is 0 Å². The summed E-state index contributed by atoms with van der Waals surface area (Å²) in [5.41, 5.74) is 0. The Bertz CT molecular complexity index is 1420. The third-order valence-corrected chi connectivity index (χ3v) is 9.80. The average Bonchev–Trinajstić information content (AvgIpc) is 3.99. The molecule has 1 saturated heterocycles. The van der Waals surface area contributed by atoms with E-state index in [0.717, 1.165) is 64.2 Å². The van der Waals surface area contributed by atoms with Crippen LogP contribution in [0.25, 0.3) is 0 Å². The number of epoxide rings is 1. The van der Waals surface area contributed by atoms with E-state index in [4.69, 9.17) is 23.8 Å². The molecule has 60 heavy (non-hydrogen) atoms. The summed E-state index contributed by atoms with van der Waals surface area (Å²) in [6.45, 7) is 2.04. The molecule has 1 rings (SSSR count). The summed E-state index contributed by atoms with van der Waals surface area (Å²) >= 11 is 0. The molecule has 0 aliphatic carbocycles. The zero-order valence-electron chi connectivity index (χ0n) is 36.3. The highest BCUT2D eigenvalue weighted by molar-refractivity contribution is 7.47. The second-order valence-electron chi connectivity index (χ2n) is 14.4. The van der Waals surface area contributed by atoms with Crippen LogP contribution >= 0.6 is 7.82 Å². The van der Waals surface area contributed by atoms with Crippen LogP contribution in [-0.2, 0) is 37.4 Å². The second kappa shape index (κ2) is 38.5. The predicted octanol–water partition coefficient (Wildman–Crippen LogP) is 10.8. The number of esters is 2. The molecule has 0 aromatic heterocycles. The topological polar surface area (TPSA) is 161 Å². The van der Waals surface area contributed by atoms with Crippen molar-refractivity contribution < 1.29 is 52.5 Å². The first-order valence-corrected chi connectivity index (χ1v) is 23.5. The molecular weight excluding hydrogens is 783 g/mol. The van der Waals surface area contributed by atoms with Gasteiger partial charge < -0.3 is 29.3 Å². The lowest BCUT2D eigenvalue weighted by molar-refractivity contribution is -0.161. The van der Waals surface area contributed by atoms with E-state index in [9.17, 15) is 24.2 Å². The van der Waals surface area contributed by atoms with Crippen LogP contribution in [0.15, 0.2) is 109 Å². The Morgan fingerprint density at radius 3 is 1.68 bits per heavy atom. The number of carbonyl (C=O) groups excluding carboxylic acids is 2. The Labute approximate surface area is 361 Å². The molecule has 1 heterocycles. The van der Waals surface area contributed by atoms with Crippen LogP contribution in [0.3, 0.4) is 0 Å². The van der Waals surface area contributed by atoms with Gasteiger partial charge in [-0.3, -0.25) is 18.6 Å². The molecule has 0 bridgehead atoms. The number of unbranched alkanes of at least 4 members (excludes halogenated alkanes) is 3. The number of allylic oxidation sites excluding steroid dienone is 17. The number of rotatable bonds is 38. The van der Waals surface area contributed by atoms with Gasteiger partial charge in [0.2, 0.25) is 0 Å². The van der Waals surface area contributed by atoms with Crippen LogP contribution in [0.5, 0.6) is 0 Å². The van der Waals surface area contributed by atoms with Crippen molar-refractivity contribution in [1.29, 1.82) is 0 Å². The summed E-state index contributed by atoms with van der Waals surface area (Å²) in [7, 11) is -4.67. The molecule has 11 nitrogen and oxygen atoms in total. The second-order valence-corrected chi connectivity index (χ2v) is 15.8. The zero-order valence-corrected chi connectivity index (χ0v) is 37.2. The minimum absolute atomic E-state index is 0.0728. The fraction of sp³-hybridized carbons (Fsp3) is 0.583. The van der Waals surface area contributed by atoms with Gasteiger partial charge in [-0.1, -0.05) is 136 Å². The van der Waals surface area contributed by atoms with Crippen molar-refractivity contribution in [2.45, 2.75) is 154 Å². The molecule has 0 aromatic carbocycles. The van der Waals surface area contributed by atoms with E-state index in [2.05, 4.69) is 116 Å². The standard InChI is InChI=1S/C48H75O11P/c1-3-5-7-9-11-13-15-17-18-19-20-21-22-23-25-27-29-31-33-37-47(51)55-41-44(42-57-60(53,54)56-40-43(50)39-49)58-48(52)38-34-36-46-45(59-46)35-32-30-28-26-24-16-14-12-10-8-6-4-2/h5,7,11-14,17-18,20-21,23-26,29-32,43-46,49-50H,3-4,6,8-10,15-16,19,22,27-28,33-42H2,1-2H3,(H,53,54)/b7-5-,13-11-,14-12-,18-17-,21-20-,25-23-,26-24-,31-29-,32-30-/t43-,44+,45?,46?/m0/s1. The molecule has 3 unspecified atom stereocenters. The number of hydrogen-bond acceptors (Lipinski definition) is 10. The van der Waals surface area contributed by atoms with Crippen LogP contribution in [0, 0.1) is 0 Å². The van der Waals surface area contributed by atoms with Crippen molar-refractivity contribution in [2.24, 2.45) is 0 Å². The fourth-order valence-electron chi connectivity index (χ4n) is 5.40. The van der Waals surface area contributed by atoms with Crippen LogP contribution in [-0.4, -0.2) is 77.9 Å². The number of phosphoric acid groups is 1. The predicted molar refractivity (Wildman–Crippen MR) is 241 cm³/mol. The summed E-state index contributed by atoms with van der Waals surface area (Å²) in [5.74, 6) is -1.11. The number of carbonyl (C=O) groups is 2. The van der Waals surface area contributed by atoms with Gasteiger partial charge in [0.15, 0.2) is 6.10 Å². The molecular formula is C48H75O11P. The van der Waals surface area contributed by atoms with Crippen molar-refractivity contribution >= 4 is 19.8 Å². The van der Waals surface area contributed by atoms with Crippen molar-refractivity contribution in [2.75, 3.05) is 26.4 Å². The van der Waals surface area contributed by atoms with Gasteiger partial charge in [-0.15, -0.1) is 0 Å². The first kappa shape index (κ1) is 54.6. The Morgan fingerprint density at radius 2 is 1.13 bits per heavy atom. The molecule has 1 fully saturated rings. The SMILES string of the molecule is CC/C=C\C/C=C\C/C=C\C/C=C\C/C=C\C/C=C\CCC(=O)OC[C@H](COP(=O)(O)OC[C@@H](O)CO)OC(=O)CCCC1OC1C/C=C\C/C=C\C/C=C\CCCCC. The van der Waals surface area contributed by atoms with Gasteiger partial charge in [0, 0.05) is 12.8 Å². The molecule has 1 aliphatic rings. The fourth-order valence-corrected chi connectivity index (χ4v) is 6.19. The molecule has 12 heteroatoms. The first-order valence-electron chi connectivity index (χ1n) is 22.0. The summed E-state index contributed by atoms with van der Waals surface area (Å²) < 4.78 is 38.4. The maximum Gasteiger partial charge on any atom is 0.472 e. The Balaban J connectivity index is 2.37. The van der Waals surface area contributed by atoms with Gasteiger partial charge in [0.05, 0.1) is 32.0 Å². The molecule has 1 aliphatic heterocycles. The Hall–Kier alpha value is -3.41. The van der Waals surface area contributed by atoms with Gasteiger partial charge in [0.25, 0.3) is 0 Å². The highest BCUT2D eigenvalue weighted by Crippen LogP contribution is 2.43.